The van der Waals surface area contributed by atoms with Gasteiger partial charge >= 0.3 is 0 Å². The van der Waals surface area contributed by atoms with Crippen LogP contribution in [0.3, 0.4) is 0 Å². The minimum Gasteiger partial charge on any atom is -0.378 e. The smallest absolute Gasteiger partial charge is 0.244 e. The second-order valence-electron chi connectivity index (χ2n) is 7.63. The van der Waals surface area contributed by atoms with Crippen LogP contribution >= 0.6 is 0 Å². The summed E-state index contributed by atoms with van der Waals surface area (Å²) >= 11 is 0. The van der Waals surface area contributed by atoms with Gasteiger partial charge in [-0.15, -0.1) is 10.2 Å². The molecule has 29 heavy (non-hydrogen) atoms. The van der Waals surface area contributed by atoms with Gasteiger partial charge in [0.25, 0.3) is 0 Å². The molecule has 2 atom stereocenters. The highest BCUT2D eigenvalue weighted by molar-refractivity contribution is 7.89. The predicted molar refractivity (Wildman–Crippen MR) is 109 cm³/mol. The van der Waals surface area contributed by atoms with Crippen LogP contribution in [0.2, 0.25) is 0 Å². The molecule has 2 aliphatic rings. The summed E-state index contributed by atoms with van der Waals surface area (Å²) in [6, 6.07) is 15.0. The molecular formula is C21H22N4O3S. The molecule has 1 N–H and O–H groups in total. The maximum Gasteiger partial charge on any atom is 0.244 e. The molecular weight excluding hydrogens is 388 g/mol. The summed E-state index contributed by atoms with van der Waals surface area (Å²) < 4.78 is 34.2. The largest absolute Gasteiger partial charge is 0.378 e. The van der Waals surface area contributed by atoms with Crippen molar-refractivity contribution in [3.8, 4) is 22.8 Å². The highest BCUT2D eigenvalue weighted by Crippen LogP contribution is 2.36. The number of aromatic amines is 1. The van der Waals surface area contributed by atoms with Crippen molar-refractivity contribution >= 4 is 10.0 Å². The van der Waals surface area contributed by atoms with Crippen LogP contribution in [0, 0.1) is 6.92 Å². The van der Waals surface area contributed by atoms with Crippen molar-refractivity contribution in [2.24, 2.45) is 0 Å². The van der Waals surface area contributed by atoms with Crippen LogP contribution in [-0.4, -0.2) is 53.2 Å². The Hall–Kier alpha value is -2.55. The zero-order chi connectivity index (χ0) is 20.0. The normalized spacial score (nSPS) is 22.1. The molecule has 5 rings (SSSR count). The van der Waals surface area contributed by atoms with Gasteiger partial charge in [0.05, 0.1) is 18.1 Å². The fourth-order valence-electron chi connectivity index (χ4n) is 4.24. The molecule has 2 aliphatic heterocycles. The lowest BCUT2D eigenvalue weighted by Crippen LogP contribution is -2.49. The van der Waals surface area contributed by atoms with Gasteiger partial charge in [-0.1, -0.05) is 42.5 Å². The van der Waals surface area contributed by atoms with E-state index in [1.165, 1.54) is 0 Å². The lowest BCUT2D eigenvalue weighted by Gasteiger charge is -2.33. The third-order valence-corrected chi connectivity index (χ3v) is 7.87. The average Bonchev–Trinajstić information content (AvgIpc) is 3.32. The lowest BCUT2D eigenvalue weighted by atomic mass is 10.1. The number of hydrogen-bond acceptors (Lipinski definition) is 5. The Morgan fingerprint density at radius 2 is 1.62 bits per heavy atom. The Balaban J connectivity index is 1.52. The number of rotatable bonds is 4. The molecule has 2 unspecified atom stereocenters. The number of sulfonamides is 1. The van der Waals surface area contributed by atoms with Gasteiger partial charge in [0.15, 0.2) is 11.6 Å². The van der Waals surface area contributed by atoms with Crippen molar-refractivity contribution in [3.63, 3.8) is 0 Å². The predicted octanol–water partition coefficient (Wildman–Crippen LogP) is 3.00. The monoisotopic (exact) mass is 410 g/mol. The van der Waals surface area contributed by atoms with Crippen LogP contribution < -0.4 is 0 Å². The first-order chi connectivity index (χ1) is 14.0. The number of aryl methyl sites for hydroxylation is 1. The molecule has 1 aromatic heterocycles. The highest BCUT2D eigenvalue weighted by Gasteiger charge is 2.45. The molecule has 0 saturated carbocycles. The number of ether oxygens (including phenoxy) is 1. The van der Waals surface area contributed by atoms with Gasteiger partial charge in [0, 0.05) is 23.2 Å². The number of nitrogens with zero attached hydrogens (tertiary/aromatic N) is 3. The molecule has 0 radical (unpaired) electrons. The molecule has 2 fully saturated rings. The van der Waals surface area contributed by atoms with E-state index in [1.807, 2.05) is 49.4 Å². The molecule has 0 amide bonds. The highest BCUT2D eigenvalue weighted by atomic mass is 32.2. The van der Waals surface area contributed by atoms with Crippen molar-refractivity contribution in [2.45, 2.75) is 36.7 Å². The second-order valence-corrected chi connectivity index (χ2v) is 9.44. The fourth-order valence-corrected chi connectivity index (χ4v) is 6.34. The fraction of sp³-hybridized carbons (Fsp3) is 0.333. The molecule has 3 aromatic rings. The maximum absolute atomic E-state index is 13.5. The zero-order valence-corrected chi connectivity index (χ0v) is 16.9. The molecule has 7 nitrogen and oxygen atoms in total. The number of fused-ring (bicyclic) bond motifs is 2. The van der Waals surface area contributed by atoms with Crippen LogP contribution in [0.4, 0.5) is 0 Å². The Kier molecular flexibility index (Phi) is 4.49. The zero-order valence-electron chi connectivity index (χ0n) is 16.1. The Morgan fingerprint density at radius 3 is 2.31 bits per heavy atom. The van der Waals surface area contributed by atoms with E-state index in [1.54, 1.807) is 10.4 Å². The van der Waals surface area contributed by atoms with E-state index in [4.69, 9.17) is 4.74 Å². The number of nitrogens with one attached hydrogen (secondary N) is 1. The van der Waals surface area contributed by atoms with Crippen LogP contribution in [0.25, 0.3) is 22.8 Å². The SMILES string of the molecule is Cc1ccc(-c2nnc(-c3ccccc3)[nH]2)cc1S(=O)(=O)N1C2CCC1COC2. The van der Waals surface area contributed by atoms with Crippen LogP contribution in [0.5, 0.6) is 0 Å². The molecule has 150 valence electrons. The van der Waals surface area contributed by atoms with Crippen molar-refractivity contribution in [3.05, 3.63) is 54.1 Å². The van der Waals surface area contributed by atoms with E-state index in [-0.39, 0.29) is 12.1 Å². The van der Waals surface area contributed by atoms with E-state index in [2.05, 4.69) is 15.2 Å². The Labute approximate surface area is 169 Å². The first-order valence-corrected chi connectivity index (χ1v) is 11.2. The molecule has 0 spiro atoms. The third-order valence-electron chi connectivity index (χ3n) is 5.72. The molecule has 2 saturated heterocycles. The summed E-state index contributed by atoms with van der Waals surface area (Å²) in [5.74, 6) is 1.20. The number of aromatic nitrogens is 3. The molecule has 8 heteroatoms. The topological polar surface area (TPSA) is 88.2 Å². The van der Waals surface area contributed by atoms with Crippen molar-refractivity contribution in [1.29, 1.82) is 0 Å². The molecule has 0 aliphatic carbocycles. The standard InChI is InChI=1S/C21H22N4O3S/c1-14-7-8-16(21-22-20(23-24-21)15-5-3-2-4-6-15)11-19(14)29(26,27)25-17-9-10-18(25)13-28-12-17/h2-8,11,17-18H,9-10,12-13H2,1H3,(H,22,23,24). The maximum atomic E-state index is 13.5. The minimum atomic E-state index is -3.61. The van der Waals surface area contributed by atoms with Crippen molar-refractivity contribution < 1.29 is 13.2 Å². The molecule has 3 heterocycles. The molecule has 2 bridgehead atoms. The first-order valence-electron chi connectivity index (χ1n) is 9.74. The average molecular weight is 410 g/mol. The van der Waals surface area contributed by atoms with Gasteiger partial charge in [-0.25, -0.2) is 8.42 Å². The van der Waals surface area contributed by atoms with Crippen LogP contribution in [0.15, 0.2) is 53.4 Å². The lowest BCUT2D eigenvalue weighted by molar-refractivity contribution is 0.0269. The third kappa shape index (κ3) is 3.17. The summed E-state index contributed by atoms with van der Waals surface area (Å²) in [4.78, 5) is 3.53. The second kappa shape index (κ2) is 7.05. The van der Waals surface area contributed by atoms with E-state index in [9.17, 15) is 8.42 Å². The summed E-state index contributed by atoms with van der Waals surface area (Å²) in [6.07, 6.45) is 1.70. The summed E-state index contributed by atoms with van der Waals surface area (Å²) in [5.41, 5.74) is 2.35. The Morgan fingerprint density at radius 1 is 0.966 bits per heavy atom. The number of morpholine rings is 1. The van der Waals surface area contributed by atoms with Gasteiger partial charge in [-0.2, -0.15) is 4.31 Å². The van der Waals surface area contributed by atoms with E-state index < -0.39 is 10.0 Å². The number of H-pyrrole nitrogens is 1. The van der Waals surface area contributed by atoms with Gasteiger partial charge < -0.3 is 9.72 Å². The first kappa shape index (κ1) is 18.5. The summed E-state index contributed by atoms with van der Waals surface area (Å²) in [7, 11) is -3.61. The summed E-state index contributed by atoms with van der Waals surface area (Å²) in [6.45, 7) is 2.77. The van der Waals surface area contributed by atoms with Crippen molar-refractivity contribution in [2.75, 3.05) is 13.2 Å². The number of benzene rings is 2. The van der Waals surface area contributed by atoms with Crippen molar-refractivity contribution in [1.82, 2.24) is 19.5 Å². The van der Waals surface area contributed by atoms with E-state index in [0.717, 1.165) is 24.0 Å². The number of hydrogen-bond donors (Lipinski definition) is 1. The van der Waals surface area contributed by atoms with Gasteiger partial charge in [-0.05, 0) is 31.4 Å². The minimum absolute atomic E-state index is 0.0724. The van der Waals surface area contributed by atoms with Crippen LogP contribution in [-0.2, 0) is 14.8 Å². The van der Waals surface area contributed by atoms with Gasteiger partial charge in [0.1, 0.15) is 0 Å². The van der Waals surface area contributed by atoms with Gasteiger partial charge in [-0.3, -0.25) is 0 Å². The molecule has 2 aromatic carbocycles. The van der Waals surface area contributed by atoms with E-state index in [0.29, 0.717) is 35.3 Å². The van der Waals surface area contributed by atoms with Crippen LogP contribution in [0.1, 0.15) is 18.4 Å². The van der Waals surface area contributed by atoms with E-state index >= 15 is 0 Å². The van der Waals surface area contributed by atoms with Gasteiger partial charge in [0.2, 0.25) is 10.0 Å². The quantitative estimate of drug-likeness (QED) is 0.714. The summed E-state index contributed by atoms with van der Waals surface area (Å²) in [5, 5.41) is 8.46. The Bertz CT molecular complexity index is 1130.